The van der Waals surface area contributed by atoms with Gasteiger partial charge in [-0.15, -0.1) is 11.3 Å². The Morgan fingerprint density at radius 1 is 0.845 bits per heavy atom. The lowest BCUT2D eigenvalue weighted by atomic mass is 9.95. The van der Waals surface area contributed by atoms with Crippen LogP contribution in [0.4, 0.5) is 11.4 Å². The van der Waals surface area contributed by atoms with Crippen molar-refractivity contribution in [1.82, 2.24) is 9.47 Å². The monoisotopic (exact) mass is 825 g/mol. The SMILES string of the molecule is CCCCCCCCN1C(=O)/C(=c2\s/c(=C/c3ccc4c(c3)[C@H]3CCC[C@@H]3N4c3ccc(C=C(c4ccccc4)c4ccccc4)cc3)c(=O)n2CC(=O)O)SC1=S. The predicted molar refractivity (Wildman–Crippen MR) is 243 cm³/mol. The lowest BCUT2D eigenvalue weighted by molar-refractivity contribution is -0.137. The Bertz CT molecular complexity index is 2500. The normalized spacial score (nSPS) is 18.5. The maximum Gasteiger partial charge on any atom is 0.323 e. The zero-order chi connectivity index (χ0) is 40.2. The summed E-state index contributed by atoms with van der Waals surface area (Å²) in [6, 6.07) is 36.6. The lowest BCUT2D eigenvalue weighted by Crippen LogP contribution is -2.35. The highest BCUT2D eigenvalue weighted by atomic mass is 32.2. The molecule has 1 saturated heterocycles. The topological polar surface area (TPSA) is 82.9 Å². The highest BCUT2D eigenvalue weighted by Gasteiger charge is 2.42. The number of thiocarbonyl (C=S) groups is 1. The Labute approximate surface area is 353 Å². The van der Waals surface area contributed by atoms with Crippen molar-refractivity contribution in [3.63, 3.8) is 0 Å². The molecule has 1 amide bonds. The van der Waals surface area contributed by atoms with Crippen molar-refractivity contribution in [1.29, 1.82) is 0 Å². The smallest absolute Gasteiger partial charge is 0.323 e. The summed E-state index contributed by atoms with van der Waals surface area (Å²) in [5.41, 5.74) is 8.72. The van der Waals surface area contributed by atoms with Crippen LogP contribution in [0.5, 0.6) is 0 Å². The van der Waals surface area contributed by atoms with Crippen LogP contribution in [-0.4, -0.2) is 43.4 Å². The molecule has 0 spiro atoms. The molecule has 2 atom stereocenters. The largest absolute Gasteiger partial charge is 0.480 e. The van der Waals surface area contributed by atoms with E-state index >= 15 is 0 Å². The maximum absolute atomic E-state index is 13.8. The lowest BCUT2D eigenvalue weighted by Gasteiger charge is -2.27. The van der Waals surface area contributed by atoms with Gasteiger partial charge >= 0.3 is 5.97 Å². The van der Waals surface area contributed by atoms with E-state index in [-0.39, 0.29) is 5.91 Å². The van der Waals surface area contributed by atoms with Gasteiger partial charge < -0.3 is 10.0 Å². The number of thiazole rings is 1. The number of carboxylic acids is 1. The molecular weight excluding hydrogens is 779 g/mol. The van der Waals surface area contributed by atoms with Crippen LogP contribution < -0.4 is 19.7 Å². The fourth-order valence-electron chi connectivity index (χ4n) is 8.66. The number of unbranched alkanes of at least 4 members (excludes halogenated alkanes) is 5. The van der Waals surface area contributed by atoms with Gasteiger partial charge in [0.05, 0.1) is 4.53 Å². The molecule has 296 valence electrons. The first-order valence-corrected chi connectivity index (χ1v) is 22.4. The number of aromatic nitrogens is 1. The quantitative estimate of drug-likeness (QED) is 0.0679. The van der Waals surface area contributed by atoms with Gasteiger partial charge in [-0.2, -0.15) is 0 Å². The molecule has 0 unspecified atom stereocenters. The number of aliphatic carboxylic acids is 1. The molecule has 10 heteroatoms. The summed E-state index contributed by atoms with van der Waals surface area (Å²) in [5, 5.41) is 9.78. The van der Waals surface area contributed by atoms with Crippen molar-refractivity contribution in [2.75, 3.05) is 11.4 Å². The predicted octanol–water partition coefficient (Wildman–Crippen LogP) is 9.53. The van der Waals surface area contributed by atoms with E-state index in [1.54, 1.807) is 4.90 Å². The maximum atomic E-state index is 13.8. The van der Waals surface area contributed by atoms with Gasteiger partial charge in [0.1, 0.15) is 20.4 Å². The van der Waals surface area contributed by atoms with E-state index in [0.717, 1.165) is 67.1 Å². The second-order valence-electron chi connectivity index (χ2n) is 15.3. The van der Waals surface area contributed by atoms with Crippen LogP contribution in [0.1, 0.15) is 98.4 Å². The fourth-order valence-corrected chi connectivity index (χ4v) is 11.2. The van der Waals surface area contributed by atoms with Crippen LogP contribution in [0.25, 0.3) is 22.6 Å². The van der Waals surface area contributed by atoms with Gasteiger partial charge in [-0.25, -0.2) is 0 Å². The average molecular weight is 826 g/mol. The first-order valence-electron chi connectivity index (χ1n) is 20.4. The number of hydrogen-bond acceptors (Lipinski definition) is 7. The van der Waals surface area contributed by atoms with Crippen molar-refractivity contribution >= 4 is 85.5 Å². The second-order valence-corrected chi connectivity index (χ2v) is 18.0. The number of amides is 1. The van der Waals surface area contributed by atoms with Gasteiger partial charge in [0.2, 0.25) is 0 Å². The molecular formula is C48H47N3O4S3. The number of nitrogens with zero attached hydrogens (tertiary/aromatic N) is 3. The van der Waals surface area contributed by atoms with E-state index in [9.17, 15) is 19.5 Å². The summed E-state index contributed by atoms with van der Waals surface area (Å²) < 4.78 is 2.41. The number of carboxylic acid groups (broad SMARTS) is 1. The van der Waals surface area contributed by atoms with Gasteiger partial charge in [-0.3, -0.25) is 23.9 Å². The Morgan fingerprint density at radius 3 is 2.21 bits per heavy atom. The number of benzene rings is 4. The molecule has 2 fully saturated rings. The summed E-state index contributed by atoms with van der Waals surface area (Å²) >= 11 is 7.94. The Balaban J connectivity index is 1.09. The molecule has 0 radical (unpaired) electrons. The van der Waals surface area contributed by atoms with E-state index in [1.165, 1.54) is 63.1 Å². The number of hydrogen-bond donors (Lipinski definition) is 1. The fraction of sp³-hybridized carbons (Fsp3) is 0.292. The van der Waals surface area contributed by atoms with Gasteiger partial charge in [0.25, 0.3) is 11.5 Å². The Morgan fingerprint density at radius 2 is 1.52 bits per heavy atom. The minimum atomic E-state index is -1.14. The molecule has 1 N–H and O–H groups in total. The molecule has 3 heterocycles. The molecule has 58 heavy (non-hydrogen) atoms. The van der Waals surface area contributed by atoms with Gasteiger partial charge in [-0.05, 0) is 89.1 Å². The molecule has 1 aromatic heterocycles. The van der Waals surface area contributed by atoms with E-state index in [4.69, 9.17) is 12.2 Å². The van der Waals surface area contributed by atoms with E-state index < -0.39 is 18.1 Å². The highest BCUT2D eigenvalue weighted by molar-refractivity contribution is 8.30. The van der Waals surface area contributed by atoms with Crippen molar-refractivity contribution in [3.05, 3.63) is 150 Å². The third kappa shape index (κ3) is 8.28. The summed E-state index contributed by atoms with van der Waals surface area (Å²) in [6.07, 6.45) is 14.0. The van der Waals surface area contributed by atoms with Crippen LogP contribution in [0, 0.1) is 0 Å². The van der Waals surface area contributed by atoms with Crippen molar-refractivity contribution in [3.8, 4) is 0 Å². The van der Waals surface area contributed by atoms with Gasteiger partial charge in [0.15, 0.2) is 0 Å². The number of fused-ring (bicyclic) bond motifs is 3. The number of carbonyl (C=O) groups excluding carboxylic acids is 1. The molecule has 4 aromatic carbocycles. The first-order chi connectivity index (χ1) is 28.3. The summed E-state index contributed by atoms with van der Waals surface area (Å²) in [6.45, 7) is 2.18. The number of carbonyl (C=O) groups is 2. The number of anilines is 2. The third-order valence-electron chi connectivity index (χ3n) is 11.5. The Kier molecular flexibility index (Phi) is 12.2. The van der Waals surface area contributed by atoms with Crippen LogP contribution >= 0.6 is 35.3 Å². The zero-order valence-electron chi connectivity index (χ0n) is 32.6. The number of thioether (sulfide) groups is 1. The minimum absolute atomic E-state index is 0.253. The van der Waals surface area contributed by atoms with Crippen LogP contribution in [0.15, 0.2) is 108 Å². The molecule has 2 aliphatic heterocycles. The molecule has 8 rings (SSSR count). The van der Waals surface area contributed by atoms with Crippen molar-refractivity contribution < 1.29 is 14.7 Å². The van der Waals surface area contributed by atoms with Crippen LogP contribution in [-0.2, 0) is 16.1 Å². The molecule has 5 aromatic rings. The second kappa shape index (κ2) is 17.9. The zero-order valence-corrected chi connectivity index (χ0v) is 35.1. The van der Waals surface area contributed by atoms with Crippen LogP contribution in [0.2, 0.25) is 0 Å². The average Bonchev–Trinajstić information content (AvgIpc) is 3.98. The van der Waals surface area contributed by atoms with Gasteiger partial charge in [-0.1, -0.05) is 148 Å². The van der Waals surface area contributed by atoms with Crippen molar-refractivity contribution in [2.45, 2.75) is 83.2 Å². The molecule has 3 aliphatic rings. The number of rotatable bonds is 14. The summed E-state index contributed by atoms with van der Waals surface area (Å²) in [7, 11) is 0. The molecule has 0 bridgehead atoms. The summed E-state index contributed by atoms with van der Waals surface area (Å²) in [4.78, 5) is 43.9. The summed E-state index contributed by atoms with van der Waals surface area (Å²) in [5.74, 6) is -1.02. The van der Waals surface area contributed by atoms with Crippen LogP contribution in [0.3, 0.4) is 0 Å². The van der Waals surface area contributed by atoms with E-state index in [2.05, 4.69) is 103 Å². The van der Waals surface area contributed by atoms with E-state index in [1.807, 2.05) is 24.3 Å². The van der Waals surface area contributed by atoms with E-state index in [0.29, 0.717) is 36.9 Å². The molecule has 1 saturated carbocycles. The first kappa shape index (κ1) is 39.8. The Hall–Kier alpha value is -5.03. The third-order valence-corrected chi connectivity index (χ3v) is 14.1. The van der Waals surface area contributed by atoms with Gasteiger partial charge in [0, 0.05) is 29.9 Å². The molecule has 1 aliphatic carbocycles. The molecule has 7 nitrogen and oxygen atoms in total. The standard InChI is InChI=1S/C48H47N3O4S3/c1-2-3-4-5-6-13-27-49-46(55)44(58-48(49)56)47-50(31-43(52)53)45(54)42(57-47)30-33-23-26-41-39(29-33)37-19-14-20-40(37)51(41)36-24-21-32(22-25-36)28-38(34-15-9-7-10-16-34)35-17-11-8-12-18-35/h7-12,15-18,21-26,28-30,37,40H,2-6,13-14,19-20,27,31H2,1H3,(H,52,53)/b42-30+,47-44+/t37-,40+/m1/s1. The highest BCUT2D eigenvalue weighted by Crippen LogP contribution is 2.52. The minimum Gasteiger partial charge on any atom is -0.480 e. The van der Waals surface area contributed by atoms with Crippen molar-refractivity contribution in [2.24, 2.45) is 0 Å².